The highest BCUT2D eigenvalue weighted by atomic mass is 32.2. The minimum absolute atomic E-state index is 0.0519. The third-order valence-electron chi connectivity index (χ3n) is 5.13. The van der Waals surface area contributed by atoms with Crippen LogP contribution in [0.2, 0.25) is 0 Å². The van der Waals surface area contributed by atoms with Crippen molar-refractivity contribution in [1.29, 1.82) is 0 Å². The number of imidazole rings is 2. The molecule has 2 atom stereocenters. The van der Waals surface area contributed by atoms with E-state index >= 15 is 0 Å². The lowest BCUT2D eigenvalue weighted by molar-refractivity contribution is -0.119. The first kappa shape index (κ1) is 21.0. The molecule has 2 aromatic heterocycles. The average Bonchev–Trinajstić information content (AvgIpc) is 3.42. The summed E-state index contributed by atoms with van der Waals surface area (Å²) < 4.78 is 7.43. The van der Waals surface area contributed by atoms with Gasteiger partial charge in [0, 0.05) is 25.0 Å². The van der Waals surface area contributed by atoms with Crippen LogP contribution in [0, 0.1) is 0 Å². The van der Waals surface area contributed by atoms with Gasteiger partial charge < -0.3 is 19.6 Å². The summed E-state index contributed by atoms with van der Waals surface area (Å²) in [5.41, 5.74) is 2.80. The van der Waals surface area contributed by atoms with Crippen LogP contribution in [0.25, 0.3) is 11.0 Å². The summed E-state index contributed by atoms with van der Waals surface area (Å²) >= 11 is 1.54. The van der Waals surface area contributed by atoms with Crippen molar-refractivity contribution in [2.45, 2.75) is 18.2 Å². The van der Waals surface area contributed by atoms with Crippen molar-refractivity contribution < 1.29 is 9.53 Å². The molecule has 0 radical (unpaired) electrons. The number of amides is 1. The largest absolute Gasteiger partial charge is 0.496 e. The van der Waals surface area contributed by atoms with E-state index < -0.39 is 6.04 Å². The molecule has 8 heteroatoms. The van der Waals surface area contributed by atoms with E-state index in [0.717, 1.165) is 28.2 Å². The number of ether oxygens (including phenoxy) is 1. The predicted molar refractivity (Wildman–Crippen MR) is 123 cm³/mol. The molecule has 4 aromatic rings. The average molecular weight is 436 g/mol. The molecule has 0 saturated heterocycles. The van der Waals surface area contributed by atoms with Crippen LogP contribution in [0.15, 0.2) is 60.9 Å². The first-order valence-corrected chi connectivity index (χ1v) is 11.1. The van der Waals surface area contributed by atoms with Crippen LogP contribution in [0.3, 0.4) is 0 Å². The SMILES string of the molecule is COc1ccccc1C(NC(=O)CSC(C)c1nc2ccccc2[nH]1)c1nccn1C. The highest BCUT2D eigenvalue weighted by Gasteiger charge is 2.24. The smallest absolute Gasteiger partial charge is 0.230 e. The third-order valence-corrected chi connectivity index (χ3v) is 6.28. The van der Waals surface area contributed by atoms with Crippen molar-refractivity contribution in [1.82, 2.24) is 24.8 Å². The Morgan fingerprint density at radius 2 is 2.00 bits per heavy atom. The summed E-state index contributed by atoms with van der Waals surface area (Å²) in [7, 11) is 3.54. The first-order valence-electron chi connectivity index (χ1n) is 10.0. The van der Waals surface area contributed by atoms with E-state index in [-0.39, 0.29) is 11.2 Å². The number of para-hydroxylation sites is 3. The Labute approximate surface area is 185 Å². The van der Waals surface area contributed by atoms with Gasteiger partial charge in [0.05, 0.1) is 29.1 Å². The van der Waals surface area contributed by atoms with Gasteiger partial charge in [0.2, 0.25) is 5.91 Å². The molecule has 0 spiro atoms. The molecule has 0 saturated carbocycles. The topological polar surface area (TPSA) is 84.8 Å². The Morgan fingerprint density at radius 3 is 2.74 bits per heavy atom. The lowest BCUT2D eigenvalue weighted by Gasteiger charge is -2.21. The molecule has 31 heavy (non-hydrogen) atoms. The van der Waals surface area contributed by atoms with E-state index in [1.165, 1.54) is 11.8 Å². The molecular formula is C23H25N5O2S. The maximum Gasteiger partial charge on any atom is 0.230 e. The van der Waals surface area contributed by atoms with Gasteiger partial charge in [-0.05, 0) is 25.1 Å². The molecule has 0 fully saturated rings. The zero-order chi connectivity index (χ0) is 21.8. The second-order valence-corrected chi connectivity index (χ2v) is 8.56. The monoisotopic (exact) mass is 435 g/mol. The Balaban J connectivity index is 1.48. The Morgan fingerprint density at radius 1 is 1.23 bits per heavy atom. The Hall–Kier alpha value is -3.26. The molecule has 0 aliphatic heterocycles. The highest BCUT2D eigenvalue weighted by Crippen LogP contribution is 2.30. The van der Waals surface area contributed by atoms with Crippen molar-refractivity contribution in [3.05, 3.63) is 78.1 Å². The second-order valence-electron chi connectivity index (χ2n) is 7.23. The summed E-state index contributed by atoms with van der Waals surface area (Å²) in [6.45, 7) is 2.05. The fraction of sp³-hybridized carbons (Fsp3) is 0.261. The number of methoxy groups -OCH3 is 1. The van der Waals surface area contributed by atoms with Crippen molar-refractivity contribution in [2.24, 2.45) is 7.05 Å². The number of benzene rings is 2. The van der Waals surface area contributed by atoms with Gasteiger partial charge in [-0.3, -0.25) is 4.79 Å². The van der Waals surface area contributed by atoms with Crippen LogP contribution in [0.4, 0.5) is 0 Å². The van der Waals surface area contributed by atoms with Gasteiger partial charge in [0.25, 0.3) is 0 Å². The van der Waals surface area contributed by atoms with E-state index in [9.17, 15) is 4.79 Å². The van der Waals surface area contributed by atoms with Gasteiger partial charge in [0.1, 0.15) is 23.4 Å². The molecule has 2 aromatic carbocycles. The Bertz CT molecular complexity index is 1150. The number of nitrogens with one attached hydrogen (secondary N) is 2. The fourth-order valence-corrected chi connectivity index (χ4v) is 4.24. The van der Waals surface area contributed by atoms with Crippen LogP contribution < -0.4 is 10.1 Å². The van der Waals surface area contributed by atoms with Gasteiger partial charge in [-0.1, -0.05) is 30.3 Å². The maximum atomic E-state index is 12.9. The number of hydrogen-bond donors (Lipinski definition) is 2. The van der Waals surface area contributed by atoms with Crippen LogP contribution in [-0.2, 0) is 11.8 Å². The summed E-state index contributed by atoms with van der Waals surface area (Å²) in [5, 5.41) is 3.18. The lowest BCUT2D eigenvalue weighted by atomic mass is 10.0. The summed E-state index contributed by atoms with van der Waals surface area (Å²) in [6.07, 6.45) is 3.59. The molecule has 7 nitrogen and oxygen atoms in total. The van der Waals surface area contributed by atoms with Gasteiger partial charge >= 0.3 is 0 Å². The fourth-order valence-electron chi connectivity index (χ4n) is 3.49. The van der Waals surface area contributed by atoms with Gasteiger partial charge in [-0.15, -0.1) is 11.8 Å². The van der Waals surface area contributed by atoms with Crippen molar-refractivity contribution in [3.63, 3.8) is 0 Å². The molecular weight excluding hydrogens is 410 g/mol. The number of carbonyl (C=O) groups is 1. The summed E-state index contributed by atoms with van der Waals surface area (Å²) in [4.78, 5) is 25.3. The van der Waals surface area contributed by atoms with E-state index in [2.05, 4.69) is 20.3 Å². The maximum absolute atomic E-state index is 12.9. The number of aromatic amines is 1. The molecule has 2 heterocycles. The number of aryl methyl sites for hydroxylation is 1. The number of fused-ring (bicyclic) bond motifs is 1. The molecule has 4 rings (SSSR count). The highest BCUT2D eigenvalue weighted by molar-refractivity contribution is 8.00. The van der Waals surface area contributed by atoms with Gasteiger partial charge in [-0.25, -0.2) is 9.97 Å². The van der Waals surface area contributed by atoms with Crippen LogP contribution in [0.5, 0.6) is 5.75 Å². The molecule has 1 amide bonds. The minimum Gasteiger partial charge on any atom is -0.496 e. The number of H-pyrrole nitrogens is 1. The number of carbonyl (C=O) groups excluding carboxylic acids is 1. The first-order chi connectivity index (χ1) is 15.1. The van der Waals surface area contributed by atoms with E-state index in [1.807, 2.05) is 73.3 Å². The van der Waals surface area contributed by atoms with Crippen LogP contribution in [-0.4, -0.2) is 38.3 Å². The summed E-state index contributed by atoms with van der Waals surface area (Å²) in [6, 6.07) is 15.2. The Kier molecular flexibility index (Phi) is 6.27. The number of hydrogen-bond acceptors (Lipinski definition) is 5. The zero-order valence-electron chi connectivity index (χ0n) is 17.7. The molecule has 0 bridgehead atoms. The van der Waals surface area contributed by atoms with Crippen LogP contribution >= 0.6 is 11.8 Å². The molecule has 0 aliphatic carbocycles. The number of nitrogens with zero attached hydrogens (tertiary/aromatic N) is 3. The van der Waals surface area contributed by atoms with E-state index in [0.29, 0.717) is 11.5 Å². The van der Waals surface area contributed by atoms with Gasteiger partial charge in [0.15, 0.2) is 0 Å². The number of thioether (sulfide) groups is 1. The van der Waals surface area contributed by atoms with Crippen LogP contribution in [0.1, 0.15) is 35.4 Å². The molecule has 2 N–H and O–H groups in total. The zero-order valence-corrected chi connectivity index (χ0v) is 18.5. The lowest BCUT2D eigenvalue weighted by Crippen LogP contribution is -2.32. The van der Waals surface area contributed by atoms with Gasteiger partial charge in [-0.2, -0.15) is 0 Å². The molecule has 2 unspecified atom stereocenters. The summed E-state index contributed by atoms with van der Waals surface area (Å²) in [5.74, 6) is 2.54. The number of aromatic nitrogens is 4. The number of rotatable bonds is 8. The van der Waals surface area contributed by atoms with E-state index in [4.69, 9.17) is 4.74 Å². The van der Waals surface area contributed by atoms with Crippen molar-refractivity contribution in [2.75, 3.05) is 12.9 Å². The third kappa shape index (κ3) is 4.59. The molecule has 0 aliphatic rings. The minimum atomic E-state index is -0.411. The van der Waals surface area contributed by atoms with E-state index in [1.54, 1.807) is 13.3 Å². The predicted octanol–water partition coefficient (Wildman–Crippen LogP) is 4.01. The second kappa shape index (κ2) is 9.26. The quantitative estimate of drug-likeness (QED) is 0.437. The molecule has 160 valence electrons. The normalized spacial score (nSPS) is 13.1. The van der Waals surface area contributed by atoms with Crippen molar-refractivity contribution in [3.8, 4) is 5.75 Å². The van der Waals surface area contributed by atoms with Crippen molar-refractivity contribution >= 4 is 28.7 Å². The standard InChI is InChI=1S/C23H25N5O2S/c1-15(22-25-17-9-5-6-10-18(17)26-22)31-14-20(29)27-21(23-24-12-13-28(23)2)16-8-4-7-11-19(16)30-3/h4-13,15,21H,14H2,1-3H3,(H,25,26)(H,27,29).